The third kappa shape index (κ3) is 2.69. The van der Waals surface area contributed by atoms with Crippen LogP contribution in [-0.2, 0) is 0 Å². The molecule has 0 bridgehead atoms. The minimum Gasteiger partial charge on any atom is -0.508 e. The van der Waals surface area contributed by atoms with Crippen molar-refractivity contribution in [1.82, 2.24) is 0 Å². The Bertz CT molecular complexity index is 833. The van der Waals surface area contributed by atoms with Gasteiger partial charge in [-0.25, -0.2) is 0 Å². The van der Waals surface area contributed by atoms with Crippen LogP contribution < -0.4 is 0 Å². The van der Waals surface area contributed by atoms with E-state index in [4.69, 9.17) is 0 Å². The number of benzene rings is 3. The molecule has 0 heterocycles. The quantitative estimate of drug-likeness (QED) is 0.618. The summed E-state index contributed by atoms with van der Waals surface area (Å²) < 4.78 is 0. The summed E-state index contributed by atoms with van der Waals surface area (Å²) in [4.78, 5) is 0. The molecule has 0 spiro atoms. The molecule has 3 aromatic rings. The third-order valence-electron chi connectivity index (χ3n) is 4.56. The predicted octanol–water partition coefficient (Wildman–Crippen LogP) is 4.60. The number of phenols is 3. The van der Waals surface area contributed by atoms with Gasteiger partial charge in [0, 0.05) is 11.5 Å². The van der Waals surface area contributed by atoms with E-state index in [2.05, 4.69) is 0 Å². The second-order valence-electron chi connectivity index (χ2n) is 5.97. The standard InChI is InChI=1S/C21H20O3/c1-13-15(8-5-11-18(13)22)21(17-7-3-4-10-20(17)24)16-9-6-12-19(23)14(16)2/h3-12,21-24H,1-2H3. The zero-order valence-corrected chi connectivity index (χ0v) is 13.7. The van der Waals surface area contributed by atoms with Crippen LogP contribution in [0.3, 0.4) is 0 Å². The molecule has 0 aliphatic heterocycles. The second kappa shape index (κ2) is 6.28. The first-order valence-corrected chi connectivity index (χ1v) is 7.85. The van der Waals surface area contributed by atoms with Crippen molar-refractivity contribution in [3.63, 3.8) is 0 Å². The minimum absolute atomic E-state index is 0.188. The van der Waals surface area contributed by atoms with Crippen LogP contribution >= 0.6 is 0 Å². The average Bonchev–Trinajstić information content (AvgIpc) is 2.57. The zero-order valence-electron chi connectivity index (χ0n) is 13.7. The lowest BCUT2D eigenvalue weighted by atomic mass is 9.80. The van der Waals surface area contributed by atoms with E-state index in [1.165, 1.54) is 0 Å². The van der Waals surface area contributed by atoms with Gasteiger partial charge in [0.15, 0.2) is 0 Å². The highest BCUT2D eigenvalue weighted by Crippen LogP contribution is 2.42. The summed E-state index contributed by atoms with van der Waals surface area (Å²) >= 11 is 0. The van der Waals surface area contributed by atoms with Gasteiger partial charge in [-0.15, -0.1) is 0 Å². The molecule has 0 amide bonds. The Labute approximate surface area is 141 Å². The van der Waals surface area contributed by atoms with Gasteiger partial charge >= 0.3 is 0 Å². The smallest absolute Gasteiger partial charge is 0.119 e. The molecule has 0 unspecified atom stereocenters. The van der Waals surface area contributed by atoms with Gasteiger partial charge in [-0.2, -0.15) is 0 Å². The molecule has 0 fully saturated rings. The average molecular weight is 320 g/mol. The summed E-state index contributed by atoms with van der Waals surface area (Å²) in [7, 11) is 0. The van der Waals surface area contributed by atoms with E-state index in [9.17, 15) is 15.3 Å². The lowest BCUT2D eigenvalue weighted by Crippen LogP contribution is -2.07. The Kier molecular flexibility index (Phi) is 4.17. The van der Waals surface area contributed by atoms with Gasteiger partial charge in [0.25, 0.3) is 0 Å². The molecule has 122 valence electrons. The summed E-state index contributed by atoms with van der Waals surface area (Å²) in [5, 5.41) is 30.6. The Morgan fingerprint density at radius 2 is 0.958 bits per heavy atom. The highest BCUT2D eigenvalue weighted by atomic mass is 16.3. The lowest BCUT2D eigenvalue weighted by Gasteiger charge is -2.24. The molecular weight excluding hydrogens is 300 g/mol. The van der Waals surface area contributed by atoms with E-state index in [-0.39, 0.29) is 23.2 Å². The predicted molar refractivity (Wildman–Crippen MR) is 94.7 cm³/mol. The number of para-hydroxylation sites is 1. The van der Waals surface area contributed by atoms with Crippen LogP contribution in [0, 0.1) is 13.8 Å². The van der Waals surface area contributed by atoms with Crippen LogP contribution in [0.5, 0.6) is 17.2 Å². The summed E-state index contributed by atoms with van der Waals surface area (Å²) in [5.41, 5.74) is 4.04. The molecule has 0 radical (unpaired) electrons. The maximum Gasteiger partial charge on any atom is 0.119 e. The third-order valence-corrected chi connectivity index (χ3v) is 4.56. The van der Waals surface area contributed by atoms with Crippen molar-refractivity contribution in [2.75, 3.05) is 0 Å². The van der Waals surface area contributed by atoms with Crippen molar-refractivity contribution in [2.45, 2.75) is 19.8 Å². The summed E-state index contributed by atoms with van der Waals surface area (Å²) in [6.07, 6.45) is 0. The normalized spacial score (nSPS) is 11.0. The fraction of sp³-hybridized carbons (Fsp3) is 0.143. The van der Waals surface area contributed by atoms with Crippen molar-refractivity contribution in [1.29, 1.82) is 0 Å². The first-order valence-electron chi connectivity index (χ1n) is 7.85. The van der Waals surface area contributed by atoms with Gasteiger partial charge in [0.05, 0.1) is 0 Å². The van der Waals surface area contributed by atoms with E-state index in [0.717, 1.165) is 27.8 Å². The molecule has 0 aliphatic rings. The van der Waals surface area contributed by atoms with Crippen molar-refractivity contribution in [3.05, 3.63) is 88.5 Å². The van der Waals surface area contributed by atoms with E-state index in [1.54, 1.807) is 36.4 Å². The van der Waals surface area contributed by atoms with Crippen molar-refractivity contribution in [3.8, 4) is 17.2 Å². The van der Waals surface area contributed by atoms with Gasteiger partial charge in [0.2, 0.25) is 0 Å². The van der Waals surface area contributed by atoms with Crippen LogP contribution in [0.2, 0.25) is 0 Å². The van der Waals surface area contributed by atoms with Crippen molar-refractivity contribution >= 4 is 0 Å². The topological polar surface area (TPSA) is 60.7 Å². The monoisotopic (exact) mass is 320 g/mol. The molecular formula is C21H20O3. The zero-order chi connectivity index (χ0) is 17.3. The van der Waals surface area contributed by atoms with Crippen LogP contribution in [0.4, 0.5) is 0 Å². The number of aromatic hydroxyl groups is 3. The van der Waals surface area contributed by atoms with E-state index in [1.807, 2.05) is 38.1 Å². The van der Waals surface area contributed by atoms with E-state index >= 15 is 0 Å². The van der Waals surface area contributed by atoms with E-state index in [0.29, 0.717) is 0 Å². The maximum atomic E-state index is 10.4. The fourth-order valence-electron chi connectivity index (χ4n) is 3.14. The number of hydrogen-bond donors (Lipinski definition) is 3. The van der Waals surface area contributed by atoms with E-state index < -0.39 is 0 Å². The van der Waals surface area contributed by atoms with Gasteiger partial charge < -0.3 is 15.3 Å². The molecule has 0 saturated heterocycles. The van der Waals surface area contributed by atoms with Crippen LogP contribution in [-0.4, -0.2) is 15.3 Å². The van der Waals surface area contributed by atoms with Gasteiger partial charge in [-0.05, 0) is 54.3 Å². The van der Waals surface area contributed by atoms with Crippen LogP contribution in [0.15, 0.2) is 60.7 Å². The molecule has 3 aromatic carbocycles. The fourth-order valence-corrected chi connectivity index (χ4v) is 3.14. The Morgan fingerprint density at radius 3 is 1.46 bits per heavy atom. The summed E-state index contributed by atoms with van der Waals surface area (Å²) in [6, 6.07) is 17.9. The summed E-state index contributed by atoms with van der Waals surface area (Å²) in [5.74, 6) is 0.329. The molecule has 0 aliphatic carbocycles. The lowest BCUT2D eigenvalue weighted by molar-refractivity contribution is 0.462. The molecule has 0 aromatic heterocycles. The Balaban J connectivity index is 2.32. The largest absolute Gasteiger partial charge is 0.508 e. The molecule has 3 N–H and O–H groups in total. The number of phenolic OH excluding ortho intramolecular Hbond substituents is 3. The maximum absolute atomic E-state index is 10.4. The van der Waals surface area contributed by atoms with Crippen LogP contribution in [0.25, 0.3) is 0 Å². The van der Waals surface area contributed by atoms with Gasteiger partial charge in [-0.1, -0.05) is 42.5 Å². The highest BCUT2D eigenvalue weighted by molar-refractivity contribution is 5.56. The number of hydrogen-bond acceptors (Lipinski definition) is 3. The molecule has 24 heavy (non-hydrogen) atoms. The molecule has 0 atom stereocenters. The molecule has 3 heteroatoms. The Hall–Kier alpha value is -2.94. The van der Waals surface area contributed by atoms with Gasteiger partial charge in [0.1, 0.15) is 17.2 Å². The van der Waals surface area contributed by atoms with Gasteiger partial charge in [-0.3, -0.25) is 0 Å². The summed E-state index contributed by atoms with van der Waals surface area (Å²) in [6.45, 7) is 3.71. The van der Waals surface area contributed by atoms with Crippen molar-refractivity contribution in [2.24, 2.45) is 0 Å². The first kappa shape index (κ1) is 15.9. The van der Waals surface area contributed by atoms with Crippen molar-refractivity contribution < 1.29 is 15.3 Å². The number of rotatable bonds is 3. The second-order valence-corrected chi connectivity index (χ2v) is 5.97. The van der Waals surface area contributed by atoms with Crippen LogP contribution in [0.1, 0.15) is 33.7 Å². The highest BCUT2D eigenvalue weighted by Gasteiger charge is 2.24. The Morgan fingerprint density at radius 1 is 0.542 bits per heavy atom. The SMILES string of the molecule is Cc1c(O)cccc1C(c1ccccc1O)c1cccc(O)c1C. The minimum atomic E-state index is -0.287. The first-order chi connectivity index (χ1) is 11.5. The molecule has 0 saturated carbocycles. The molecule has 3 rings (SSSR count). The molecule has 3 nitrogen and oxygen atoms in total.